The molecule has 0 unspecified atom stereocenters. The molecule has 1 heterocycles. The van der Waals surface area contributed by atoms with Gasteiger partial charge in [-0.3, -0.25) is 0 Å². The largest absolute Gasteiger partial charge is 0.462 e. The summed E-state index contributed by atoms with van der Waals surface area (Å²) in [6.45, 7) is 5.91. The van der Waals surface area contributed by atoms with Gasteiger partial charge in [0.2, 0.25) is 0 Å². The molecule has 24 heavy (non-hydrogen) atoms. The maximum Gasteiger partial charge on any atom is 0.340 e. The SMILES string of the molecule is CCOC(=O)c1ccccc1-n1c(C)cc(/C=N\NC(N)=O)c1C. The zero-order valence-electron chi connectivity index (χ0n) is 13.9. The molecule has 2 aromatic rings. The highest BCUT2D eigenvalue weighted by atomic mass is 16.5. The number of primary amides is 1. The summed E-state index contributed by atoms with van der Waals surface area (Å²) in [7, 11) is 0. The summed E-state index contributed by atoms with van der Waals surface area (Å²) in [5, 5.41) is 3.78. The molecule has 0 fully saturated rings. The highest BCUT2D eigenvalue weighted by molar-refractivity contribution is 5.94. The molecule has 7 heteroatoms. The molecular formula is C17H20N4O3. The third kappa shape index (κ3) is 3.62. The molecule has 2 rings (SSSR count). The number of para-hydroxylation sites is 1. The van der Waals surface area contributed by atoms with Crippen LogP contribution in [0.5, 0.6) is 0 Å². The number of urea groups is 1. The fourth-order valence-corrected chi connectivity index (χ4v) is 2.50. The lowest BCUT2D eigenvalue weighted by atomic mass is 10.1. The van der Waals surface area contributed by atoms with Gasteiger partial charge in [-0.15, -0.1) is 0 Å². The number of carbonyl (C=O) groups is 2. The normalized spacial score (nSPS) is 10.8. The number of carbonyl (C=O) groups excluding carboxylic acids is 2. The van der Waals surface area contributed by atoms with Crippen LogP contribution in [-0.4, -0.2) is 29.4 Å². The van der Waals surface area contributed by atoms with Crippen molar-refractivity contribution < 1.29 is 14.3 Å². The lowest BCUT2D eigenvalue weighted by Gasteiger charge is -2.14. The van der Waals surface area contributed by atoms with Crippen molar-refractivity contribution in [3.05, 3.63) is 52.8 Å². The van der Waals surface area contributed by atoms with E-state index in [4.69, 9.17) is 10.5 Å². The molecule has 3 N–H and O–H groups in total. The molecule has 1 aromatic carbocycles. The number of hydrogen-bond donors (Lipinski definition) is 2. The van der Waals surface area contributed by atoms with E-state index < -0.39 is 6.03 Å². The number of nitrogens with one attached hydrogen (secondary N) is 1. The molecule has 0 saturated heterocycles. The molecule has 0 aliphatic heterocycles. The molecule has 0 spiro atoms. The number of nitrogens with zero attached hydrogens (tertiary/aromatic N) is 2. The van der Waals surface area contributed by atoms with E-state index in [9.17, 15) is 9.59 Å². The highest BCUT2D eigenvalue weighted by Crippen LogP contribution is 2.23. The second-order valence-corrected chi connectivity index (χ2v) is 5.13. The van der Waals surface area contributed by atoms with Crippen LogP contribution in [0.15, 0.2) is 35.4 Å². The Morgan fingerprint density at radius 3 is 2.71 bits per heavy atom. The number of ether oxygens (including phenoxy) is 1. The first kappa shape index (κ1) is 17.3. The van der Waals surface area contributed by atoms with E-state index in [1.165, 1.54) is 6.21 Å². The number of benzene rings is 1. The van der Waals surface area contributed by atoms with Gasteiger partial charge in [0.15, 0.2) is 0 Å². The van der Waals surface area contributed by atoms with Crippen LogP contribution in [0.3, 0.4) is 0 Å². The van der Waals surface area contributed by atoms with Gasteiger partial charge in [-0.2, -0.15) is 5.10 Å². The maximum absolute atomic E-state index is 12.2. The number of aryl methyl sites for hydroxylation is 1. The van der Waals surface area contributed by atoms with Gasteiger partial charge in [-0.25, -0.2) is 15.0 Å². The van der Waals surface area contributed by atoms with E-state index in [0.29, 0.717) is 12.2 Å². The average Bonchev–Trinajstić information content (AvgIpc) is 2.81. The van der Waals surface area contributed by atoms with Gasteiger partial charge in [0.1, 0.15) is 0 Å². The minimum atomic E-state index is -0.729. The number of hydrazone groups is 1. The third-order valence-electron chi connectivity index (χ3n) is 3.49. The maximum atomic E-state index is 12.2. The molecule has 0 atom stereocenters. The van der Waals surface area contributed by atoms with E-state index in [1.807, 2.05) is 36.6 Å². The molecule has 0 radical (unpaired) electrons. The first-order valence-corrected chi connectivity index (χ1v) is 7.49. The molecule has 126 valence electrons. The molecular weight excluding hydrogens is 308 g/mol. The second kappa shape index (κ2) is 7.45. The zero-order valence-corrected chi connectivity index (χ0v) is 13.9. The monoisotopic (exact) mass is 328 g/mol. The summed E-state index contributed by atoms with van der Waals surface area (Å²) in [6, 6.07) is 8.42. The van der Waals surface area contributed by atoms with Crippen molar-refractivity contribution in [3.8, 4) is 5.69 Å². The van der Waals surface area contributed by atoms with Gasteiger partial charge in [-0.05, 0) is 39.0 Å². The van der Waals surface area contributed by atoms with Crippen LogP contribution in [0.1, 0.15) is 34.2 Å². The summed E-state index contributed by atoms with van der Waals surface area (Å²) in [4.78, 5) is 22.9. The molecule has 0 aliphatic rings. The van der Waals surface area contributed by atoms with Crippen LogP contribution in [-0.2, 0) is 4.74 Å². The number of esters is 1. The van der Waals surface area contributed by atoms with Gasteiger partial charge in [0.05, 0.1) is 24.1 Å². The van der Waals surface area contributed by atoms with Crippen molar-refractivity contribution in [2.24, 2.45) is 10.8 Å². The Bertz CT molecular complexity index is 793. The van der Waals surface area contributed by atoms with Crippen LogP contribution in [0, 0.1) is 13.8 Å². The van der Waals surface area contributed by atoms with Crippen LogP contribution in [0.4, 0.5) is 4.79 Å². The quantitative estimate of drug-likeness (QED) is 0.500. The molecule has 1 aromatic heterocycles. The highest BCUT2D eigenvalue weighted by Gasteiger charge is 2.17. The Morgan fingerprint density at radius 2 is 2.04 bits per heavy atom. The van der Waals surface area contributed by atoms with Crippen LogP contribution in [0.25, 0.3) is 5.69 Å². The Morgan fingerprint density at radius 1 is 1.33 bits per heavy atom. The lowest BCUT2D eigenvalue weighted by Crippen LogP contribution is -2.24. The first-order valence-electron chi connectivity index (χ1n) is 7.49. The predicted octanol–water partition coefficient (Wildman–Crippen LogP) is 2.27. The molecule has 0 aliphatic carbocycles. The first-order chi connectivity index (χ1) is 11.5. The minimum absolute atomic E-state index is 0.313. The fraction of sp³-hybridized carbons (Fsp3) is 0.235. The van der Waals surface area contributed by atoms with Crippen LogP contribution >= 0.6 is 0 Å². The van der Waals surface area contributed by atoms with Gasteiger partial charge in [-0.1, -0.05) is 12.1 Å². The van der Waals surface area contributed by atoms with E-state index in [0.717, 1.165) is 22.6 Å². The topological polar surface area (TPSA) is 98.7 Å². The smallest absolute Gasteiger partial charge is 0.340 e. The average molecular weight is 328 g/mol. The van der Waals surface area contributed by atoms with Crippen LogP contribution < -0.4 is 11.2 Å². The summed E-state index contributed by atoms with van der Waals surface area (Å²) in [5.41, 5.74) is 11.0. The van der Waals surface area contributed by atoms with Crippen molar-refractivity contribution in [1.29, 1.82) is 0 Å². The number of aromatic nitrogens is 1. The van der Waals surface area contributed by atoms with Crippen LogP contribution in [0.2, 0.25) is 0 Å². The number of amides is 2. The lowest BCUT2D eigenvalue weighted by molar-refractivity contribution is 0.0526. The predicted molar refractivity (Wildman–Crippen MR) is 91.5 cm³/mol. The van der Waals surface area contributed by atoms with E-state index >= 15 is 0 Å². The van der Waals surface area contributed by atoms with Gasteiger partial charge in [0.25, 0.3) is 0 Å². The Kier molecular flexibility index (Phi) is 5.36. The third-order valence-corrected chi connectivity index (χ3v) is 3.49. The number of hydrogen-bond acceptors (Lipinski definition) is 4. The van der Waals surface area contributed by atoms with Gasteiger partial charge < -0.3 is 15.0 Å². The second-order valence-electron chi connectivity index (χ2n) is 5.13. The summed E-state index contributed by atoms with van der Waals surface area (Å²) < 4.78 is 7.07. The van der Waals surface area contributed by atoms with E-state index in [-0.39, 0.29) is 5.97 Å². The van der Waals surface area contributed by atoms with Gasteiger partial charge >= 0.3 is 12.0 Å². The van der Waals surface area contributed by atoms with E-state index in [1.54, 1.807) is 19.1 Å². The molecule has 2 amide bonds. The van der Waals surface area contributed by atoms with Crippen molar-refractivity contribution in [1.82, 2.24) is 9.99 Å². The molecule has 0 saturated carbocycles. The van der Waals surface area contributed by atoms with Gasteiger partial charge in [0, 0.05) is 17.0 Å². The van der Waals surface area contributed by atoms with Crippen molar-refractivity contribution in [2.45, 2.75) is 20.8 Å². The fourth-order valence-electron chi connectivity index (χ4n) is 2.50. The van der Waals surface area contributed by atoms with Crippen molar-refractivity contribution in [2.75, 3.05) is 6.61 Å². The van der Waals surface area contributed by atoms with Crippen molar-refractivity contribution in [3.63, 3.8) is 0 Å². The molecule has 0 bridgehead atoms. The van der Waals surface area contributed by atoms with Crippen molar-refractivity contribution >= 4 is 18.2 Å². The number of rotatable bonds is 5. The Labute approximate surface area is 140 Å². The number of nitrogens with two attached hydrogens (primary N) is 1. The standard InChI is InChI=1S/C17H20N4O3/c1-4-24-16(22)14-7-5-6-8-15(14)21-11(2)9-13(12(21)3)10-19-20-17(18)23/h5-10H,4H2,1-3H3,(H3,18,20,23)/b19-10-. The Hall–Kier alpha value is -3.09. The summed E-state index contributed by atoms with van der Waals surface area (Å²) in [6.07, 6.45) is 1.51. The Balaban J connectivity index is 2.47. The molecule has 7 nitrogen and oxygen atoms in total. The zero-order chi connectivity index (χ0) is 17.7. The van der Waals surface area contributed by atoms with E-state index in [2.05, 4.69) is 10.5 Å². The summed E-state index contributed by atoms with van der Waals surface area (Å²) >= 11 is 0. The minimum Gasteiger partial charge on any atom is -0.462 e. The summed E-state index contributed by atoms with van der Waals surface area (Å²) in [5.74, 6) is -0.369.